The van der Waals surface area contributed by atoms with Crippen LogP contribution >= 0.6 is 0 Å². The second-order valence-electron chi connectivity index (χ2n) is 3.47. The summed E-state index contributed by atoms with van der Waals surface area (Å²) < 4.78 is 16.1. The van der Waals surface area contributed by atoms with Crippen LogP contribution in [0.25, 0.3) is 0 Å². The normalized spacial score (nSPS) is 10.2. The Morgan fingerprint density at radius 2 is 1.56 bits per heavy atom. The zero-order valence-electron chi connectivity index (χ0n) is 10.5. The highest BCUT2D eigenvalue weighted by Crippen LogP contribution is 2.31. The predicted octanol–water partition coefficient (Wildman–Crippen LogP) is 2.80. The summed E-state index contributed by atoms with van der Waals surface area (Å²) in [6.45, 7) is 5.37. The van der Waals surface area contributed by atoms with Crippen molar-refractivity contribution in [2.24, 2.45) is 0 Å². The van der Waals surface area contributed by atoms with Gasteiger partial charge < -0.3 is 14.2 Å². The maximum atomic E-state index is 5.38. The molecule has 0 aliphatic carbocycles. The number of methoxy groups -OCH3 is 2. The van der Waals surface area contributed by atoms with Gasteiger partial charge in [-0.1, -0.05) is 6.92 Å². The highest BCUT2D eigenvalue weighted by Gasteiger charge is 2.10. The molecule has 0 heterocycles. The lowest BCUT2D eigenvalue weighted by Gasteiger charge is -2.14. The molecule has 1 aromatic carbocycles. The van der Waals surface area contributed by atoms with Gasteiger partial charge in [0.1, 0.15) is 11.5 Å². The van der Waals surface area contributed by atoms with Crippen molar-refractivity contribution in [1.29, 1.82) is 0 Å². The molecule has 0 unspecified atom stereocenters. The van der Waals surface area contributed by atoms with E-state index >= 15 is 0 Å². The first-order chi connectivity index (χ1) is 7.76. The molecule has 0 saturated heterocycles. The first kappa shape index (κ1) is 12.8. The molecule has 1 aromatic rings. The van der Waals surface area contributed by atoms with E-state index in [0.29, 0.717) is 13.2 Å². The largest absolute Gasteiger partial charge is 0.496 e. The quantitative estimate of drug-likeness (QED) is 0.743. The summed E-state index contributed by atoms with van der Waals surface area (Å²) in [5.74, 6) is 1.74. The van der Waals surface area contributed by atoms with Crippen molar-refractivity contribution in [3.05, 3.63) is 23.3 Å². The van der Waals surface area contributed by atoms with Crippen molar-refractivity contribution in [3.8, 4) is 11.5 Å². The van der Waals surface area contributed by atoms with Gasteiger partial charge in [0.15, 0.2) is 0 Å². The van der Waals surface area contributed by atoms with Crippen LogP contribution in [0.5, 0.6) is 11.5 Å². The van der Waals surface area contributed by atoms with Crippen molar-refractivity contribution < 1.29 is 14.2 Å². The van der Waals surface area contributed by atoms with E-state index in [1.54, 1.807) is 14.2 Å². The maximum Gasteiger partial charge on any atom is 0.126 e. The smallest absolute Gasteiger partial charge is 0.126 e. The van der Waals surface area contributed by atoms with Crippen LogP contribution in [-0.4, -0.2) is 20.8 Å². The topological polar surface area (TPSA) is 27.7 Å². The molecule has 1 rings (SSSR count). The Morgan fingerprint density at radius 3 is 1.94 bits per heavy atom. The fraction of sp³-hybridized carbons (Fsp3) is 0.538. The lowest BCUT2D eigenvalue weighted by Crippen LogP contribution is -1.99. The molecule has 0 radical (unpaired) electrons. The molecule has 0 saturated carbocycles. The minimum Gasteiger partial charge on any atom is -0.496 e. The Morgan fingerprint density at radius 1 is 1.00 bits per heavy atom. The summed E-state index contributed by atoms with van der Waals surface area (Å²) in [5, 5.41) is 0. The summed E-state index contributed by atoms with van der Waals surface area (Å²) in [7, 11) is 3.36. The molecular formula is C13H20O3. The second-order valence-corrected chi connectivity index (χ2v) is 3.47. The Kier molecular flexibility index (Phi) is 5.12. The molecule has 0 spiro atoms. The van der Waals surface area contributed by atoms with E-state index in [4.69, 9.17) is 14.2 Å². The molecule has 90 valence electrons. The first-order valence-electron chi connectivity index (χ1n) is 5.58. The minimum atomic E-state index is 0.590. The molecule has 0 N–H and O–H groups in total. The summed E-state index contributed by atoms with van der Waals surface area (Å²) >= 11 is 0. The van der Waals surface area contributed by atoms with Gasteiger partial charge in [-0.3, -0.25) is 0 Å². The van der Waals surface area contributed by atoms with Crippen LogP contribution in [0, 0.1) is 0 Å². The summed E-state index contributed by atoms with van der Waals surface area (Å²) in [5.41, 5.74) is 2.18. The summed E-state index contributed by atoms with van der Waals surface area (Å²) in [4.78, 5) is 0. The lowest BCUT2D eigenvalue weighted by atomic mass is 10.1. The third-order valence-electron chi connectivity index (χ3n) is 2.49. The van der Waals surface area contributed by atoms with Gasteiger partial charge in [0, 0.05) is 12.2 Å². The number of hydrogen-bond donors (Lipinski definition) is 0. The number of hydrogen-bond acceptors (Lipinski definition) is 3. The molecule has 0 amide bonds. The van der Waals surface area contributed by atoms with Gasteiger partial charge in [0.05, 0.1) is 20.8 Å². The number of ether oxygens (including phenoxy) is 3. The molecule has 0 aromatic heterocycles. The van der Waals surface area contributed by atoms with E-state index in [1.165, 1.54) is 0 Å². The van der Waals surface area contributed by atoms with Gasteiger partial charge in [-0.2, -0.15) is 0 Å². The zero-order chi connectivity index (χ0) is 12.0. The monoisotopic (exact) mass is 224 g/mol. The Balaban J connectivity index is 3.05. The molecule has 0 bridgehead atoms. The standard InChI is InChI=1S/C13H20O3/c1-5-11-12(14-3)7-10(9-16-6-2)8-13(11)15-4/h7-8H,5-6,9H2,1-4H3. The molecule has 0 aliphatic rings. The van der Waals surface area contributed by atoms with Crippen LogP contribution in [0.1, 0.15) is 25.0 Å². The van der Waals surface area contributed by atoms with E-state index < -0.39 is 0 Å². The molecule has 16 heavy (non-hydrogen) atoms. The first-order valence-corrected chi connectivity index (χ1v) is 5.58. The van der Waals surface area contributed by atoms with Crippen molar-refractivity contribution in [3.63, 3.8) is 0 Å². The van der Waals surface area contributed by atoms with Crippen LogP contribution < -0.4 is 9.47 Å². The maximum absolute atomic E-state index is 5.38. The van der Waals surface area contributed by atoms with Gasteiger partial charge in [-0.15, -0.1) is 0 Å². The molecule has 3 nitrogen and oxygen atoms in total. The van der Waals surface area contributed by atoms with E-state index in [1.807, 2.05) is 19.1 Å². The van der Waals surface area contributed by atoms with Crippen LogP contribution in [0.3, 0.4) is 0 Å². The van der Waals surface area contributed by atoms with Crippen LogP contribution in [0.4, 0.5) is 0 Å². The van der Waals surface area contributed by atoms with E-state index in [9.17, 15) is 0 Å². The second kappa shape index (κ2) is 6.38. The minimum absolute atomic E-state index is 0.590. The summed E-state index contributed by atoms with van der Waals surface area (Å²) in [6.07, 6.45) is 0.890. The van der Waals surface area contributed by atoms with Gasteiger partial charge in [-0.05, 0) is 31.0 Å². The van der Waals surface area contributed by atoms with Gasteiger partial charge >= 0.3 is 0 Å². The Bertz CT molecular complexity index is 309. The number of benzene rings is 1. The fourth-order valence-corrected chi connectivity index (χ4v) is 1.69. The van der Waals surface area contributed by atoms with E-state index in [-0.39, 0.29) is 0 Å². The molecule has 0 fully saturated rings. The van der Waals surface area contributed by atoms with E-state index in [0.717, 1.165) is 29.0 Å². The van der Waals surface area contributed by atoms with Crippen LogP contribution in [0.15, 0.2) is 12.1 Å². The van der Waals surface area contributed by atoms with E-state index in [2.05, 4.69) is 6.92 Å². The third kappa shape index (κ3) is 2.89. The van der Waals surface area contributed by atoms with Gasteiger partial charge in [0.2, 0.25) is 0 Å². The SMILES string of the molecule is CCOCc1cc(OC)c(CC)c(OC)c1. The van der Waals surface area contributed by atoms with Crippen LogP contribution in [0.2, 0.25) is 0 Å². The van der Waals surface area contributed by atoms with Crippen molar-refractivity contribution in [2.75, 3.05) is 20.8 Å². The highest BCUT2D eigenvalue weighted by atomic mass is 16.5. The number of rotatable bonds is 6. The van der Waals surface area contributed by atoms with Gasteiger partial charge in [0.25, 0.3) is 0 Å². The Labute approximate surface area is 97.3 Å². The molecule has 0 atom stereocenters. The third-order valence-corrected chi connectivity index (χ3v) is 2.49. The van der Waals surface area contributed by atoms with Crippen LogP contribution in [-0.2, 0) is 17.8 Å². The Hall–Kier alpha value is -1.22. The predicted molar refractivity (Wildman–Crippen MR) is 64.3 cm³/mol. The van der Waals surface area contributed by atoms with Gasteiger partial charge in [-0.25, -0.2) is 0 Å². The summed E-state index contributed by atoms with van der Waals surface area (Å²) in [6, 6.07) is 4.02. The molecular weight excluding hydrogens is 204 g/mol. The van der Waals surface area contributed by atoms with Crippen molar-refractivity contribution in [1.82, 2.24) is 0 Å². The average Bonchev–Trinajstić information content (AvgIpc) is 2.34. The highest BCUT2D eigenvalue weighted by molar-refractivity contribution is 5.48. The van der Waals surface area contributed by atoms with Crippen molar-refractivity contribution in [2.45, 2.75) is 26.9 Å². The zero-order valence-corrected chi connectivity index (χ0v) is 10.5. The lowest BCUT2D eigenvalue weighted by molar-refractivity contribution is 0.133. The molecule has 3 heteroatoms. The van der Waals surface area contributed by atoms with Crippen molar-refractivity contribution >= 4 is 0 Å². The average molecular weight is 224 g/mol. The fourth-order valence-electron chi connectivity index (χ4n) is 1.69. The molecule has 0 aliphatic heterocycles.